The monoisotopic (exact) mass is 357 g/mol. The van der Waals surface area contributed by atoms with Crippen LogP contribution in [0, 0.1) is 5.82 Å². The van der Waals surface area contributed by atoms with Gasteiger partial charge in [0.15, 0.2) is 0 Å². The Morgan fingerprint density at radius 2 is 1.85 bits per heavy atom. The molecule has 0 atom stereocenters. The van der Waals surface area contributed by atoms with E-state index in [1.54, 1.807) is 6.07 Å². The molecule has 2 aromatic carbocycles. The van der Waals surface area contributed by atoms with Crippen molar-refractivity contribution in [3.05, 3.63) is 66.0 Å². The molecular weight excluding hydrogens is 333 g/mol. The number of carboxylic acids is 1. The molecule has 0 unspecified atom stereocenters. The topological polar surface area (TPSA) is 49.8 Å². The van der Waals surface area contributed by atoms with Gasteiger partial charge in [-0.1, -0.05) is 36.4 Å². The molecule has 1 heterocycles. The fourth-order valence-corrected chi connectivity index (χ4v) is 3.40. The van der Waals surface area contributed by atoms with Crippen LogP contribution in [0.3, 0.4) is 0 Å². The van der Waals surface area contributed by atoms with Crippen molar-refractivity contribution in [3.63, 3.8) is 0 Å². The Morgan fingerprint density at radius 3 is 2.50 bits per heavy atom. The third kappa shape index (κ3) is 4.61. The third-order valence-corrected chi connectivity index (χ3v) is 4.95. The maximum Gasteiger partial charge on any atom is 0.348 e. The molecule has 0 bridgehead atoms. The normalized spacial score (nSPS) is 17.0. The van der Waals surface area contributed by atoms with Gasteiger partial charge in [0.1, 0.15) is 11.6 Å². The first kappa shape index (κ1) is 18.4. The van der Waals surface area contributed by atoms with Crippen LogP contribution in [-0.2, 0) is 11.2 Å². The summed E-state index contributed by atoms with van der Waals surface area (Å²) in [6, 6.07) is 16.0. The number of halogens is 1. The second kappa shape index (κ2) is 8.32. The standard InChI is InChI=1S/C21H24FNO3/c22-18-9-4-10-19(16-18)26-21(20(24)25)11-14-23(15-12-21)13-5-8-17-6-2-1-3-7-17/h1-4,6-7,9-10,16H,5,8,11-15H2,(H,24,25). The average Bonchev–Trinajstić information content (AvgIpc) is 2.64. The quantitative estimate of drug-likeness (QED) is 0.820. The van der Waals surface area contributed by atoms with Crippen molar-refractivity contribution in [1.29, 1.82) is 0 Å². The van der Waals surface area contributed by atoms with Crippen molar-refractivity contribution in [3.8, 4) is 5.75 Å². The minimum atomic E-state index is -1.27. The summed E-state index contributed by atoms with van der Waals surface area (Å²) in [7, 11) is 0. The predicted molar refractivity (Wildman–Crippen MR) is 97.8 cm³/mol. The second-order valence-electron chi connectivity index (χ2n) is 6.79. The zero-order valence-corrected chi connectivity index (χ0v) is 14.7. The number of rotatable bonds is 7. The van der Waals surface area contributed by atoms with E-state index in [1.807, 2.05) is 18.2 Å². The van der Waals surface area contributed by atoms with Crippen LogP contribution in [0.4, 0.5) is 4.39 Å². The highest BCUT2D eigenvalue weighted by Crippen LogP contribution is 2.29. The lowest BCUT2D eigenvalue weighted by Crippen LogP contribution is -2.53. The molecule has 0 aliphatic carbocycles. The Labute approximate surface area is 153 Å². The number of carbonyl (C=O) groups is 1. The lowest BCUT2D eigenvalue weighted by atomic mass is 9.90. The fourth-order valence-electron chi connectivity index (χ4n) is 3.40. The van der Waals surface area contributed by atoms with Crippen LogP contribution in [-0.4, -0.2) is 41.2 Å². The van der Waals surface area contributed by atoms with E-state index in [4.69, 9.17) is 4.74 Å². The number of hydrogen-bond donors (Lipinski definition) is 1. The van der Waals surface area contributed by atoms with Crippen molar-refractivity contribution in [2.75, 3.05) is 19.6 Å². The van der Waals surface area contributed by atoms with E-state index in [0.717, 1.165) is 19.4 Å². The number of carboxylic acid groups (broad SMARTS) is 1. The molecular formula is C21H24FNO3. The van der Waals surface area contributed by atoms with Crippen molar-refractivity contribution in [2.24, 2.45) is 0 Å². The second-order valence-corrected chi connectivity index (χ2v) is 6.79. The molecule has 1 N–H and O–H groups in total. The highest BCUT2D eigenvalue weighted by molar-refractivity contribution is 5.78. The third-order valence-electron chi connectivity index (χ3n) is 4.95. The van der Waals surface area contributed by atoms with Crippen LogP contribution in [0.2, 0.25) is 0 Å². The molecule has 0 saturated carbocycles. The van der Waals surface area contributed by atoms with Gasteiger partial charge >= 0.3 is 5.97 Å². The summed E-state index contributed by atoms with van der Waals surface area (Å²) < 4.78 is 19.1. The van der Waals surface area contributed by atoms with Crippen molar-refractivity contribution in [2.45, 2.75) is 31.3 Å². The smallest absolute Gasteiger partial charge is 0.348 e. The maximum atomic E-state index is 13.4. The van der Waals surface area contributed by atoms with E-state index < -0.39 is 17.4 Å². The largest absolute Gasteiger partial charge is 0.478 e. The molecule has 0 spiro atoms. The van der Waals surface area contributed by atoms with Crippen molar-refractivity contribution >= 4 is 5.97 Å². The SMILES string of the molecule is O=C(O)C1(Oc2cccc(F)c2)CCN(CCCc2ccccc2)CC1. The number of piperidine rings is 1. The van der Waals surface area contributed by atoms with Crippen LogP contribution < -0.4 is 4.74 Å². The van der Waals surface area contributed by atoms with Crippen LogP contribution in [0.25, 0.3) is 0 Å². The molecule has 2 aromatic rings. The van der Waals surface area contributed by atoms with Gasteiger partial charge in [-0.25, -0.2) is 9.18 Å². The number of likely N-dealkylation sites (tertiary alicyclic amines) is 1. The van der Waals surface area contributed by atoms with E-state index in [2.05, 4.69) is 17.0 Å². The van der Waals surface area contributed by atoms with Gasteiger partial charge in [-0.15, -0.1) is 0 Å². The van der Waals surface area contributed by atoms with Crippen LogP contribution >= 0.6 is 0 Å². The molecule has 0 aromatic heterocycles. The van der Waals surface area contributed by atoms with Gasteiger partial charge < -0.3 is 14.7 Å². The van der Waals surface area contributed by atoms with E-state index in [-0.39, 0.29) is 5.75 Å². The zero-order chi connectivity index (χ0) is 18.4. The van der Waals surface area contributed by atoms with Gasteiger partial charge in [0, 0.05) is 32.0 Å². The maximum absolute atomic E-state index is 13.4. The number of aryl methyl sites for hydroxylation is 1. The van der Waals surface area contributed by atoms with Gasteiger partial charge in [-0.05, 0) is 37.1 Å². The lowest BCUT2D eigenvalue weighted by molar-refractivity contribution is -0.159. The summed E-state index contributed by atoms with van der Waals surface area (Å²) in [5.41, 5.74) is 0.0443. The molecule has 1 aliphatic rings. The predicted octanol–water partition coefficient (Wildman–Crippen LogP) is 3.76. The molecule has 138 valence electrons. The molecule has 0 amide bonds. The van der Waals surface area contributed by atoms with Crippen molar-refractivity contribution < 1.29 is 19.0 Å². The minimum absolute atomic E-state index is 0.268. The number of hydrogen-bond acceptors (Lipinski definition) is 3. The summed E-state index contributed by atoms with van der Waals surface area (Å²) in [6.07, 6.45) is 2.84. The van der Waals surface area contributed by atoms with Crippen LogP contribution in [0.5, 0.6) is 5.75 Å². The Bertz CT molecular complexity index is 727. The van der Waals surface area contributed by atoms with E-state index in [9.17, 15) is 14.3 Å². The highest BCUT2D eigenvalue weighted by atomic mass is 19.1. The number of benzene rings is 2. The number of aliphatic carboxylic acids is 1. The van der Waals surface area contributed by atoms with Crippen LogP contribution in [0.15, 0.2) is 54.6 Å². The summed E-state index contributed by atoms with van der Waals surface area (Å²) in [5, 5.41) is 9.69. The molecule has 1 saturated heterocycles. The first-order valence-electron chi connectivity index (χ1n) is 9.02. The van der Waals surface area contributed by atoms with E-state index in [1.165, 1.54) is 23.8 Å². The zero-order valence-electron chi connectivity index (χ0n) is 14.7. The first-order valence-corrected chi connectivity index (χ1v) is 9.02. The number of ether oxygens (including phenoxy) is 1. The number of nitrogens with zero attached hydrogens (tertiary/aromatic N) is 1. The van der Waals surface area contributed by atoms with Gasteiger partial charge in [0.25, 0.3) is 0 Å². The molecule has 26 heavy (non-hydrogen) atoms. The minimum Gasteiger partial charge on any atom is -0.478 e. The Balaban J connectivity index is 1.53. The van der Waals surface area contributed by atoms with Gasteiger partial charge in [0.2, 0.25) is 5.60 Å². The Morgan fingerprint density at radius 1 is 1.12 bits per heavy atom. The first-order chi connectivity index (χ1) is 12.6. The van der Waals surface area contributed by atoms with E-state index >= 15 is 0 Å². The van der Waals surface area contributed by atoms with Gasteiger partial charge in [-0.3, -0.25) is 0 Å². The molecule has 5 heteroatoms. The summed E-state index contributed by atoms with van der Waals surface area (Å²) >= 11 is 0. The molecule has 0 radical (unpaired) electrons. The van der Waals surface area contributed by atoms with Gasteiger partial charge in [-0.2, -0.15) is 0 Å². The molecule has 4 nitrogen and oxygen atoms in total. The molecule has 1 fully saturated rings. The highest BCUT2D eigenvalue weighted by Gasteiger charge is 2.44. The van der Waals surface area contributed by atoms with Gasteiger partial charge in [0.05, 0.1) is 0 Å². The fraction of sp³-hybridized carbons (Fsp3) is 0.381. The summed E-state index contributed by atoms with van der Waals surface area (Å²) in [6.45, 7) is 2.26. The lowest BCUT2D eigenvalue weighted by Gasteiger charge is -2.38. The summed E-state index contributed by atoms with van der Waals surface area (Å²) in [4.78, 5) is 14.1. The summed E-state index contributed by atoms with van der Waals surface area (Å²) in [5.74, 6) is -1.14. The van der Waals surface area contributed by atoms with Crippen LogP contribution in [0.1, 0.15) is 24.8 Å². The average molecular weight is 357 g/mol. The molecule has 1 aliphatic heterocycles. The Kier molecular flexibility index (Phi) is 5.89. The molecule has 3 rings (SSSR count). The Hall–Kier alpha value is -2.40. The van der Waals surface area contributed by atoms with Crippen molar-refractivity contribution in [1.82, 2.24) is 4.90 Å². The van der Waals surface area contributed by atoms with E-state index in [0.29, 0.717) is 25.9 Å².